The molecular weight excluding hydrogens is 368 g/mol. The summed E-state index contributed by atoms with van der Waals surface area (Å²) in [4.78, 5) is 12.5. The average Bonchev–Trinajstić information content (AvgIpc) is 3.09. The molecule has 2 heterocycles. The van der Waals surface area contributed by atoms with Crippen LogP contribution < -0.4 is 0 Å². The summed E-state index contributed by atoms with van der Waals surface area (Å²) < 4.78 is 25.4. The fraction of sp³-hybridized carbons (Fsp3) is 0.500. The Morgan fingerprint density at radius 1 is 1.26 bits per heavy atom. The van der Waals surface area contributed by atoms with Gasteiger partial charge in [0, 0.05) is 36.5 Å². The van der Waals surface area contributed by atoms with Gasteiger partial charge in [-0.2, -0.15) is 5.10 Å². The van der Waals surface area contributed by atoms with E-state index in [0.29, 0.717) is 19.5 Å². The first-order valence-corrected chi connectivity index (χ1v) is 10.7. The number of aryl methyl sites for hydroxylation is 1. The third-order valence-corrected chi connectivity index (χ3v) is 6.81. The Hall–Kier alpha value is -2.26. The minimum Gasteiger partial charge on any atom is -0.298 e. The first-order valence-electron chi connectivity index (χ1n) is 8.83. The summed E-state index contributed by atoms with van der Waals surface area (Å²) in [6.07, 6.45) is 0.613. The molecule has 0 saturated carbocycles. The molecule has 1 fully saturated rings. The van der Waals surface area contributed by atoms with Crippen LogP contribution in [0.1, 0.15) is 35.0 Å². The molecule has 1 atom stereocenters. The molecule has 0 radical (unpaired) electrons. The second-order valence-electron chi connectivity index (χ2n) is 7.25. The molecule has 0 N–H and O–H groups in total. The van der Waals surface area contributed by atoms with Crippen molar-refractivity contribution in [3.63, 3.8) is 0 Å². The summed E-state index contributed by atoms with van der Waals surface area (Å²) in [6, 6.07) is 6.47. The Kier molecular flexibility index (Phi) is 5.34. The Labute approximate surface area is 158 Å². The fourth-order valence-corrected chi connectivity index (χ4v) is 5.30. The number of sulfone groups is 1. The summed E-state index contributed by atoms with van der Waals surface area (Å²) >= 11 is 0. The summed E-state index contributed by atoms with van der Waals surface area (Å²) in [6.45, 7) is 5.26. The van der Waals surface area contributed by atoms with Crippen molar-refractivity contribution >= 4 is 15.5 Å². The van der Waals surface area contributed by atoms with Gasteiger partial charge in [-0.1, -0.05) is 12.1 Å². The van der Waals surface area contributed by atoms with Crippen molar-refractivity contribution in [2.24, 2.45) is 0 Å². The number of hydrogen-bond donors (Lipinski definition) is 0. The summed E-state index contributed by atoms with van der Waals surface area (Å²) in [5.74, 6) is 0.387. The minimum absolute atomic E-state index is 0.0811. The molecule has 9 heteroatoms. The number of non-ortho nitro benzene ring substituents is 1. The van der Waals surface area contributed by atoms with Gasteiger partial charge in [-0.15, -0.1) is 0 Å². The van der Waals surface area contributed by atoms with Crippen LogP contribution in [0.3, 0.4) is 0 Å². The highest BCUT2D eigenvalue weighted by Crippen LogP contribution is 2.27. The molecule has 8 nitrogen and oxygen atoms in total. The van der Waals surface area contributed by atoms with Crippen molar-refractivity contribution in [1.82, 2.24) is 14.7 Å². The van der Waals surface area contributed by atoms with E-state index in [-0.39, 0.29) is 23.2 Å². The number of benzene rings is 1. The van der Waals surface area contributed by atoms with Crippen LogP contribution in [0.2, 0.25) is 0 Å². The molecule has 0 aliphatic carbocycles. The molecule has 2 aromatic rings. The summed E-state index contributed by atoms with van der Waals surface area (Å²) in [7, 11) is -0.973. The summed E-state index contributed by atoms with van der Waals surface area (Å²) in [5, 5.41) is 15.3. The molecule has 1 aliphatic heterocycles. The Balaban J connectivity index is 1.71. The van der Waals surface area contributed by atoms with Gasteiger partial charge in [-0.3, -0.25) is 19.7 Å². The van der Waals surface area contributed by atoms with Gasteiger partial charge >= 0.3 is 0 Å². The lowest BCUT2D eigenvalue weighted by molar-refractivity contribution is -0.384. The zero-order valence-electron chi connectivity index (χ0n) is 15.8. The smallest absolute Gasteiger partial charge is 0.269 e. The zero-order valence-corrected chi connectivity index (χ0v) is 16.6. The maximum atomic E-state index is 11.8. The van der Waals surface area contributed by atoms with Gasteiger partial charge in [-0.05, 0) is 32.9 Å². The SMILES string of the molecule is Cc1nn([C@@H]2CCS(=O)(=O)C2)c(C)c1CN(C)Cc1ccc([N+](=O)[O-])cc1. The number of aromatic nitrogens is 2. The molecule has 1 saturated heterocycles. The van der Waals surface area contributed by atoms with E-state index in [1.807, 2.05) is 25.6 Å². The predicted octanol–water partition coefficient (Wildman–Crippen LogP) is 2.40. The maximum Gasteiger partial charge on any atom is 0.269 e. The van der Waals surface area contributed by atoms with E-state index in [0.717, 1.165) is 22.5 Å². The van der Waals surface area contributed by atoms with Crippen LogP contribution in [0.15, 0.2) is 24.3 Å². The number of hydrogen-bond acceptors (Lipinski definition) is 6. The van der Waals surface area contributed by atoms with Crippen LogP contribution in [0.25, 0.3) is 0 Å². The second-order valence-corrected chi connectivity index (χ2v) is 9.48. The van der Waals surface area contributed by atoms with Gasteiger partial charge < -0.3 is 0 Å². The summed E-state index contributed by atoms with van der Waals surface area (Å²) in [5.41, 5.74) is 4.09. The molecule has 0 amide bonds. The van der Waals surface area contributed by atoms with Gasteiger partial charge in [-0.25, -0.2) is 8.42 Å². The molecule has 1 aromatic carbocycles. The van der Waals surface area contributed by atoms with Gasteiger partial charge in [0.15, 0.2) is 9.84 Å². The van der Waals surface area contributed by atoms with Crippen molar-refractivity contribution in [2.45, 2.75) is 39.4 Å². The van der Waals surface area contributed by atoms with Crippen LogP contribution in [0.5, 0.6) is 0 Å². The van der Waals surface area contributed by atoms with Crippen LogP contribution in [0, 0.1) is 24.0 Å². The van der Waals surface area contributed by atoms with Gasteiger partial charge in [0.05, 0.1) is 28.2 Å². The minimum atomic E-state index is -2.96. The third kappa shape index (κ3) is 4.36. The van der Waals surface area contributed by atoms with Crippen molar-refractivity contribution in [3.8, 4) is 0 Å². The van der Waals surface area contributed by atoms with Crippen molar-refractivity contribution in [2.75, 3.05) is 18.6 Å². The fourth-order valence-electron chi connectivity index (χ4n) is 3.61. The molecule has 0 spiro atoms. The molecule has 3 rings (SSSR count). The maximum absolute atomic E-state index is 11.8. The van der Waals surface area contributed by atoms with E-state index >= 15 is 0 Å². The molecule has 1 aliphatic rings. The molecular formula is C18H24N4O4S. The quantitative estimate of drug-likeness (QED) is 0.553. The number of nitro benzene ring substituents is 1. The second kappa shape index (κ2) is 7.40. The van der Waals surface area contributed by atoms with Crippen LogP contribution in [0.4, 0.5) is 5.69 Å². The number of rotatable bonds is 6. The van der Waals surface area contributed by atoms with E-state index in [9.17, 15) is 18.5 Å². The van der Waals surface area contributed by atoms with Crippen molar-refractivity contribution in [3.05, 3.63) is 56.9 Å². The topological polar surface area (TPSA) is 98.3 Å². The standard InChI is InChI=1S/C18H24N4O4S/c1-13-18(14(2)21(19-13)17-8-9-27(25,26)12-17)11-20(3)10-15-4-6-16(7-5-15)22(23)24/h4-7,17H,8-12H2,1-3H3/t17-/m1/s1. The lowest BCUT2D eigenvalue weighted by Gasteiger charge is -2.17. The molecule has 0 unspecified atom stereocenters. The average molecular weight is 392 g/mol. The van der Waals surface area contributed by atoms with E-state index in [1.165, 1.54) is 12.1 Å². The molecule has 146 valence electrons. The van der Waals surface area contributed by atoms with Gasteiger partial charge in [0.2, 0.25) is 0 Å². The normalized spacial score (nSPS) is 18.9. The largest absolute Gasteiger partial charge is 0.298 e. The van der Waals surface area contributed by atoms with Crippen LogP contribution in [-0.2, 0) is 22.9 Å². The number of nitro groups is 1. The zero-order chi connectivity index (χ0) is 19.8. The Bertz CT molecular complexity index is 950. The van der Waals surface area contributed by atoms with Crippen molar-refractivity contribution in [1.29, 1.82) is 0 Å². The van der Waals surface area contributed by atoms with Gasteiger partial charge in [0.1, 0.15) is 0 Å². The highest BCUT2D eigenvalue weighted by Gasteiger charge is 2.31. The van der Waals surface area contributed by atoms with E-state index in [1.54, 1.807) is 12.1 Å². The first kappa shape index (κ1) is 19.5. The van der Waals surface area contributed by atoms with Gasteiger partial charge in [0.25, 0.3) is 5.69 Å². The van der Waals surface area contributed by atoms with E-state index in [4.69, 9.17) is 0 Å². The highest BCUT2D eigenvalue weighted by atomic mass is 32.2. The predicted molar refractivity (Wildman–Crippen MR) is 102 cm³/mol. The van der Waals surface area contributed by atoms with Crippen LogP contribution >= 0.6 is 0 Å². The van der Waals surface area contributed by atoms with Crippen molar-refractivity contribution < 1.29 is 13.3 Å². The Morgan fingerprint density at radius 3 is 2.48 bits per heavy atom. The lowest BCUT2D eigenvalue weighted by atomic mass is 10.1. The van der Waals surface area contributed by atoms with E-state index < -0.39 is 14.8 Å². The van der Waals surface area contributed by atoms with E-state index in [2.05, 4.69) is 10.00 Å². The lowest BCUT2D eigenvalue weighted by Crippen LogP contribution is -2.18. The molecule has 27 heavy (non-hydrogen) atoms. The Morgan fingerprint density at radius 2 is 1.93 bits per heavy atom. The molecule has 0 bridgehead atoms. The van der Waals surface area contributed by atoms with Crippen LogP contribution in [-0.4, -0.2) is 46.6 Å². The monoisotopic (exact) mass is 392 g/mol. The first-order chi connectivity index (χ1) is 12.7. The molecule has 1 aromatic heterocycles. The third-order valence-electron chi connectivity index (χ3n) is 5.06. The number of nitrogens with zero attached hydrogens (tertiary/aromatic N) is 4. The highest BCUT2D eigenvalue weighted by molar-refractivity contribution is 7.91.